The van der Waals surface area contributed by atoms with Gasteiger partial charge in [0.15, 0.2) is 5.69 Å². The van der Waals surface area contributed by atoms with E-state index in [1.807, 2.05) is 6.07 Å². The van der Waals surface area contributed by atoms with Crippen molar-refractivity contribution in [3.05, 3.63) is 68.8 Å². The molecule has 0 spiro atoms. The zero-order valence-corrected chi connectivity index (χ0v) is 22.1. The third-order valence-corrected chi connectivity index (χ3v) is 7.72. The number of rotatable bonds is 7. The first-order valence-electron chi connectivity index (χ1n) is 10.9. The molecule has 17 heteroatoms. The fourth-order valence-electron chi connectivity index (χ4n) is 3.90. The minimum Gasteiger partial charge on any atom is -0.444 e. The molecular formula is C23H15Cl2F5N6O3S. The topological polar surface area (TPSA) is 147 Å². The van der Waals surface area contributed by atoms with Crippen molar-refractivity contribution < 1.29 is 33.8 Å². The zero-order chi connectivity index (χ0) is 29.7. The monoisotopic (exact) mass is 620 g/mol. The molecule has 1 aromatic heterocycles. The van der Waals surface area contributed by atoms with E-state index in [9.17, 15) is 34.3 Å². The number of aromatic nitrogens is 2. The van der Waals surface area contributed by atoms with Gasteiger partial charge in [0.25, 0.3) is 0 Å². The van der Waals surface area contributed by atoms with Gasteiger partial charge in [0.05, 0.1) is 27.1 Å². The number of nitrogens with one attached hydrogen (secondary N) is 1. The molecule has 0 radical (unpaired) electrons. The summed E-state index contributed by atoms with van der Waals surface area (Å²) in [7, 11) is -10.2. The number of hydrogen-bond donors (Lipinski definition) is 2. The number of nitrogens with two attached hydrogens (primary N) is 1. The van der Waals surface area contributed by atoms with Crippen LogP contribution in [0.2, 0.25) is 10.0 Å². The van der Waals surface area contributed by atoms with Crippen LogP contribution in [0.15, 0.2) is 41.3 Å². The molecule has 1 aliphatic rings. The van der Waals surface area contributed by atoms with E-state index >= 15 is 0 Å². The molecule has 0 atom stereocenters. The average molecular weight is 621 g/mol. The number of anilines is 1. The van der Waals surface area contributed by atoms with Crippen molar-refractivity contribution in [1.82, 2.24) is 9.78 Å². The molecule has 1 fully saturated rings. The summed E-state index contributed by atoms with van der Waals surface area (Å²) in [5.74, 6) is -1.33. The van der Waals surface area contributed by atoms with Crippen molar-refractivity contribution in [3.8, 4) is 17.8 Å². The summed E-state index contributed by atoms with van der Waals surface area (Å²) >= 11 is 11.9. The summed E-state index contributed by atoms with van der Waals surface area (Å²) in [6.07, 6.45) is -0.877. The van der Waals surface area contributed by atoms with Crippen molar-refractivity contribution in [2.24, 2.45) is 5.73 Å². The number of carbonyl (C=O) groups is 2. The molecule has 3 N–H and O–H groups in total. The van der Waals surface area contributed by atoms with E-state index in [4.69, 9.17) is 38.9 Å². The number of hydrogen-bond acceptors (Lipinski definition) is 6. The summed E-state index contributed by atoms with van der Waals surface area (Å²) in [5.41, 5.74) is 3.68. The van der Waals surface area contributed by atoms with E-state index < -0.39 is 59.8 Å². The fourth-order valence-corrected chi connectivity index (χ4v) is 5.35. The van der Waals surface area contributed by atoms with Crippen LogP contribution in [0, 0.1) is 22.7 Å². The Bertz CT molecular complexity index is 1640. The third-order valence-electron chi connectivity index (χ3n) is 6.01. The predicted molar refractivity (Wildman–Crippen MR) is 135 cm³/mol. The molecule has 0 unspecified atom stereocenters. The maximum atomic E-state index is 13.4. The van der Waals surface area contributed by atoms with Crippen molar-refractivity contribution in [2.75, 3.05) is 5.32 Å². The lowest BCUT2D eigenvalue weighted by molar-refractivity contribution is -0.120. The van der Waals surface area contributed by atoms with E-state index in [2.05, 4.69) is 10.4 Å². The van der Waals surface area contributed by atoms with Crippen molar-refractivity contribution in [2.45, 2.75) is 29.8 Å². The summed E-state index contributed by atoms with van der Waals surface area (Å²) in [6, 6.07) is 9.50. The minimum atomic E-state index is -10.2. The molecular weight excluding hydrogens is 606 g/mol. The highest BCUT2D eigenvalue weighted by Crippen LogP contribution is 3.02. The van der Waals surface area contributed by atoms with Gasteiger partial charge in [-0.1, -0.05) is 54.8 Å². The first-order chi connectivity index (χ1) is 18.4. The Balaban J connectivity index is 1.81. The summed E-state index contributed by atoms with van der Waals surface area (Å²) in [5, 5.41) is 22.9. The number of ether oxygens (including phenoxy) is 1. The Kier molecular flexibility index (Phi) is 6.50. The number of nitrogens with zero attached hydrogens (tertiary/aromatic N) is 4. The minimum absolute atomic E-state index is 0.0638. The van der Waals surface area contributed by atoms with Crippen LogP contribution in [0.25, 0.3) is 5.69 Å². The number of primary amides is 1. The second-order valence-electron chi connectivity index (χ2n) is 8.76. The Labute approximate surface area is 232 Å². The SMILES string of the molecule is N#Cc1ccc(COC(=O)Nc2c(C3(C(N)=O)CC3)c(C#N)nn2-c2c(Cl)cc(S(F)(F)(F)(F)F)cc2Cl)cc1. The van der Waals surface area contributed by atoms with Gasteiger partial charge in [0.2, 0.25) is 5.91 Å². The Morgan fingerprint density at radius 2 is 1.65 bits per heavy atom. The normalized spacial score (nSPS) is 15.6. The Morgan fingerprint density at radius 3 is 2.10 bits per heavy atom. The largest absolute Gasteiger partial charge is 0.444 e. The summed E-state index contributed by atoms with van der Waals surface area (Å²) < 4.78 is 72.9. The number of nitriles is 2. The van der Waals surface area contributed by atoms with Gasteiger partial charge in [-0.15, -0.1) is 0 Å². The molecule has 1 aliphatic carbocycles. The fraction of sp³-hybridized carbons (Fsp3) is 0.174. The summed E-state index contributed by atoms with van der Waals surface area (Å²) in [6.45, 7) is -0.298. The van der Waals surface area contributed by atoms with Gasteiger partial charge < -0.3 is 10.5 Å². The molecule has 0 saturated heterocycles. The molecule has 9 nitrogen and oxygen atoms in total. The smallest absolute Gasteiger partial charge is 0.413 e. The standard InChI is InChI=1S/C23H15Cl2F5N6O3S/c24-15-7-14(40(26,27,28,29)30)8-16(25)19(15)36-20(18(17(10-32)35-36)23(5-6-23)21(33)37)34-22(38)39-11-13-3-1-12(9-31)2-4-13/h1-4,7-8H,5-6,11H2,(H2,33,37)(H,34,38). The van der Waals surface area contributed by atoms with Crippen LogP contribution >= 0.6 is 33.4 Å². The second-order valence-corrected chi connectivity index (χ2v) is 12.0. The molecule has 4 rings (SSSR count). The van der Waals surface area contributed by atoms with Crippen LogP contribution in [-0.2, 0) is 21.6 Å². The molecule has 2 aromatic carbocycles. The molecule has 0 aliphatic heterocycles. The van der Waals surface area contributed by atoms with Gasteiger partial charge in [-0.25, -0.2) is 9.48 Å². The van der Waals surface area contributed by atoms with E-state index in [0.29, 0.717) is 15.8 Å². The van der Waals surface area contributed by atoms with Gasteiger partial charge >= 0.3 is 16.3 Å². The molecule has 0 bridgehead atoms. The van der Waals surface area contributed by atoms with Crippen LogP contribution in [0.1, 0.15) is 35.2 Å². The van der Waals surface area contributed by atoms with Gasteiger partial charge in [0.1, 0.15) is 29.1 Å². The number of halogens is 7. The number of carbonyl (C=O) groups excluding carboxylic acids is 2. The first kappa shape index (κ1) is 28.9. The van der Waals surface area contributed by atoms with Crippen LogP contribution in [-0.4, -0.2) is 21.8 Å². The van der Waals surface area contributed by atoms with E-state index in [0.717, 1.165) is 0 Å². The lowest BCUT2D eigenvalue weighted by atomic mass is 9.94. The van der Waals surface area contributed by atoms with Crippen LogP contribution in [0.3, 0.4) is 0 Å². The maximum Gasteiger partial charge on any atom is 0.413 e. The first-order valence-corrected chi connectivity index (χ1v) is 13.6. The molecule has 1 heterocycles. The highest BCUT2D eigenvalue weighted by atomic mass is 35.5. The second kappa shape index (κ2) is 8.99. The lowest BCUT2D eigenvalue weighted by Gasteiger charge is -2.40. The number of benzene rings is 2. The predicted octanol–water partition coefficient (Wildman–Crippen LogP) is 6.85. The lowest BCUT2D eigenvalue weighted by Crippen LogP contribution is -2.30. The van der Waals surface area contributed by atoms with Crippen molar-refractivity contribution in [3.63, 3.8) is 0 Å². The van der Waals surface area contributed by atoms with Crippen LogP contribution in [0.4, 0.5) is 30.0 Å². The molecule has 2 amide bonds. The van der Waals surface area contributed by atoms with Gasteiger partial charge in [-0.3, -0.25) is 10.1 Å². The Hall–Kier alpha value is -4.05. The van der Waals surface area contributed by atoms with Crippen molar-refractivity contribution >= 4 is 51.2 Å². The van der Waals surface area contributed by atoms with Gasteiger partial charge in [-0.2, -0.15) is 15.6 Å². The quantitative estimate of drug-likeness (QED) is 0.276. The van der Waals surface area contributed by atoms with Crippen LogP contribution in [0.5, 0.6) is 0 Å². The molecule has 40 heavy (non-hydrogen) atoms. The van der Waals surface area contributed by atoms with Crippen molar-refractivity contribution in [1.29, 1.82) is 10.5 Å². The summed E-state index contributed by atoms with van der Waals surface area (Å²) in [4.78, 5) is 22.7. The van der Waals surface area contributed by atoms with E-state index in [1.165, 1.54) is 24.3 Å². The number of amides is 2. The zero-order valence-electron chi connectivity index (χ0n) is 19.7. The highest BCUT2D eigenvalue weighted by Gasteiger charge is 2.65. The van der Waals surface area contributed by atoms with Gasteiger partial charge in [0, 0.05) is 5.56 Å². The van der Waals surface area contributed by atoms with Gasteiger partial charge in [-0.05, 0) is 42.7 Å². The molecule has 210 valence electrons. The highest BCUT2D eigenvalue weighted by molar-refractivity contribution is 8.45. The third kappa shape index (κ3) is 5.49. The van der Waals surface area contributed by atoms with E-state index in [-0.39, 0.29) is 37.1 Å². The van der Waals surface area contributed by atoms with Crippen LogP contribution < -0.4 is 11.1 Å². The maximum absolute atomic E-state index is 13.4. The molecule has 1 saturated carbocycles. The Morgan fingerprint density at radius 1 is 1.07 bits per heavy atom. The van der Waals surface area contributed by atoms with E-state index in [1.54, 1.807) is 6.07 Å². The molecule has 3 aromatic rings. The average Bonchev–Trinajstić information content (AvgIpc) is 3.59.